The van der Waals surface area contributed by atoms with Crippen LogP contribution in [0.4, 0.5) is 4.39 Å². The Morgan fingerprint density at radius 1 is 1.21 bits per heavy atom. The molecule has 0 aliphatic rings. The third-order valence-corrected chi connectivity index (χ3v) is 3.05. The van der Waals surface area contributed by atoms with Crippen molar-refractivity contribution in [3.05, 3.63) is 70.0 Å². The summed E-state index contributed by atoms with van der Waals surface area (Å²) in [6.45, 7) is 2.25. The summed E-state index contributed by atoms with van der Waals surface area (Å²) in [7, 11) is 0. The first kappa shape index (κ1) is 13.6. The van der Waals surface area contributed by atoms with Gasteiger partial charge in [-0.2, -0.15) is 0 Å². The fraction of sp³-hybridized carbons (Fsp3) is 0.133. The summed E-state index contributed by atoms with van der Waals surface area (Å²) in [5.74, 6) is -0.536. The first-order valence-corrected chi connectivity index (χ1v) is 6.23. The van der Waals surface area contributed by atoms with Gasteiger partial charge in [0.25, 0.3) is 5.91 Å². The van der Waals surface area contributed by atoms with Crippen LogP contribution in [0.15, 0.2) is 42.5 Å². The van der Waals surface area contributed by atoms with E-state index in [1.54, 1.807) is 24.3 Å². The van der Waals surface area contributed by atoms with Crippen molar-refractivity contribution in [3.63, 3.8) is 0 Å². The monoisotopic (exact) mass is 277 g/mol. The van der Waals surface area contributed by atoms with E-state index in [0.717, 1.165) is 11.1 Å². The number of amides is 1. The van der Waals surface area contributed by atoms with Gasteiger partial charge in [0.15, 0.2) is 0 Å². The van der Waals surface area contributed by atoms with E-state index >= 15 is 0 Å². The maximum atomic E-state index is 12.7. The molecule has 0 aliphatic carbocycles. The van der Waals surface area contributed by atoms with Crippen molar-refractivity contribution in [2.45, 2.75) is 13.5 Å². The van der Waals surface area contributed by atoms with Gasteiger partial charge in [0.05, 0.1) is 10.6 Å². The van der Waals surface area contributed by atoms with E-state index in [9.17, 15) is 9.18 Å². The summed E-state index contributed by atoms with van der Waals surface area (Å²) in [5.41, 5.74) is 2.27. The molecule has 98 valence electrons. The van der Waals surface area contributed by atoms with Crippen LogP contribution in [0.2, 0.25) is 5.02 Å². The number of aryl methyl sites for hydroxylation is 1. The van der Waals surface area contributed by atoms with Crippen LogP contribution in [0, 0.1) is 12.7 Å². The number of hydrogen-bond donors (Lipinski definition) is 1. The summed E-state index contributed by atoms with van der Waals surface area (Å²) in [4.78, 5) is 11.9. The molecule has 0 unspecified atom stereocenters. The Balaban J connectivity index is 2.03. The number of carbonyl (C=O) groups is 1. The van der Waals surface area contributed by atoms with Crippen LogP contribution in [0.3, 0.4) is 0 Å². The lowest BCUT2D eigenvalue weighted by atomic mass is 10.1. The Kier molecular flexibility index (Phi) is 4.17. The number of benzene rings is 2. The quantitative estimate of drug-likeness (QED) is 0.910. The topological polar surface area (TPSA) is 29.1 Å². The van der Waals surface area contributed by atoms with Gasteiger partial charge in [-0.05, 0) is 42.3 Å². The maximum Gasteiger partial charge on any atom is 0.253 e. The molecule has 2 nitrogen and oxygen atoms in total. The molecular formula is C15H13ClFNO. The first-order valence-electron chi connectivity index (χ1n) is 5.85. The van der Waals surface area contributed by atoms with Crippen molar-refractivity contribution in [2.24, 2.45) is 0 Å². The van der Waals surface area contributed by atoms with Crippen LogP contribution in [0.1, 0.15) is 21.5 Å². The Hall–Kier alpha value is -1.87. The number of rotatable bonds is 3. The van der Waals surface area contributed by atoms with Gasteiger partial charge in [-0.15, -0.1) is 0 Å². The molecular weight excluding hydrogens is 265 g/mol. The van der Waals surface area contributed by atoms with Gasteiger partial charge in [-0.1, -0.05) is 29.8 Å². The molecule has 4 heteroatoms. The molecule has 0 aromatic heterocycles. The minimum atomic E-state index is -0.295. The zero-order valence-corrected chi connectivity index (χ0v) is 11.2. The van der Waals surface area contributed by atoms with Crippen molar-refractivity contribution in [1.29, 1.82) is 0 Å². The molecule has 0 fully saturated rings. The average molecular weight is 278 g/mol. The summed E-state index contributed by atoms with van der Waals surface area (Å²) in [6, 6.07) is 11.3. The summed E-state index contributed by atoms with van der Waals surface area (Å²) >= 11 is 6.02. The largest absolute Gasteiger partial charge is 0.348 e. The highest BCUT2D eigenvalue weighted by Gasteiger charge is 2.09. The molecule has 0 saturated heterocycles. The van der Waals surface area contributed by atoms with E-state index in [-0.39, 0.29) is 11.7 Å². The fourth-order valence-electron chi connectivity index (χ4n) is 1.68. The van der Waals surface area contributed by atoms with Gasteiger partial charge in [0, 0.05) is 6.54 Å². The van der Waals surface area contributed by atoms with E-state index in [1.165, 1.54) is 12.1 Å². The summed E-state index contributed by atoms with van der Waals surface area (Å²) in [5, 5.41) is 3.18. The first-order chi connectivity index (χ1) is 9.06. The Morgan fingerprint density at radius 2 is 1.89 bits per heavy atom. The zero-order chi connectivity index (χ0) is 13.8. The van der Waals surface area contributed by atoms with Crippen LogP contribution in [-0.4, -0.2) is 5.91 Å². The SMILES string of the molecule is Cc1ccc(C(=O)NCc2ccc(F)cc2)c(Cl)c1. The van der Waals surface area contributed by atoms with Crippen molar-refractivity contribution in [1.82, 2.24) is 5.32 Å². The molecule has 1 amide bonds. The molecule has 0 radical (unpaired) electrons. The molecule has 2 rings (SSSR count). The second-order valence-corrected chi connectivity index (χ2v) is 4.70. The molecule has 0 bridgehead atoms. The van der Waals surface area contributed by atoms with Gasteiger partial charge >= 0.3 is 0 Å². The number of nitrogens with one attached hydrogen (secondary N) is 1. The van der Waals surface area contributed by atoms with Crippen LogP contribution < -0.4 is 5.32 Å². The third-order valence-electron chi connectivity index (χ3n) is 2.74. The van der Waals surface area contributed by atoms with E-state index in [0.29, 0.717) is 17.1 Å². The highest BCUT2D eigenvalue weighted by molar-refractivity contribution is 6.33. The number of halogens is 2. The van der Waals surface area contributed by atoms with Crippen LogP contribution in [-0.2, 0) is 6.54 Å². The highest BCUT2D eigenvalue weighted by atomic mass is 35.5. The maximum absolute atomic E-state index is 12.7. The third kappa shape index (κ3) is 3.55. The molecule has 0 spiro atoms. The average Bonchev–Trinajstić information content (AvgIpc) is 2.37. The Labute approximate surface area is 116 Å². The summed E-state index contributed by atoms with van der Waals surface area (Å²) < 4.78 is 12.7. The van der Waals surface area contributed by atoms with Crippen molar-refractivity contribution >= 4 is 17.5 Å². The Morgan fingerprint density at radius 3 is 2.53 bits per heavy atom. The van der Waals surface area contributed by atoms with Gasteiger partial charge in [0.2, 0.25) is 0 Å². The lowest BCUT2D eigenvalue weighted by Crippen LogP contribution is -2.23. The van der Waals surface area contributed by atoms with Crippen molar-refractivity contribution < 1.29 is 9.18 Å². The standard InChI is InChI=1S/C15H13ClFNO/c1-10-2-7-13(14(16)8-10)15(19)18-9-11-3-5-12(17)6-4-11/h2-8H,9H2,1H3,(H,18,19). The highest BCUT2D eigenvalue weighted by Crippen LogP contribution is 2.17. The number of hydrogen-bond acceptors (Lipinski definition) is 1. The van der Waals surface area contributed by atoms with Gasteiger partial charge in [0.1, 0.15) is 5.82 Å². The molecule has 0 aliphatic heterocycles. The minimum Gasteiger partial charge on any atom is -0.348 e. The molecule has 2 aromatic rings. The number of carbonyl (C=O) groups excluding carboxylic acids is 1. The van der Waals surface area contributed by atoms with Crippen LogP contribution >= 0.6 is 11.6 Å². The van der Waals surface area contributed by atoms with E-state index in [4.69, 9.17) is 11.6 Å². The van der Waals surface area contributed by atoms with E-state index in [2.05, 4.69) is 5.32 Å². The van der Waals surface area contributed by atoms with E-state index < -0.39 is 0 Å². The van der Waals surface area contributed by atoms with Gasteiger partial charge < -0.3 is 5.32 Å². The van der Waals surface area contributed by atoms with Gasteiger partial charge in [-0.25, -0.2) is 4.39 Å². The lowest BCUT2D eigenvalue weighted by Gasteiger charge is -2.07. The predicted molar refractivity (Wildman–Crippen MR) is 73.8 cm³/mol. The Bertz CT molecular complexity index is 596. The van der Waals surface area contributed by atoms with Crippen molar-refractivity contribution in [3.8, 4) is 0 Å². The van der Waals surface area contributed by atoms with Crippen LogP contribution in [0.25, 0.3) is 0 Å². The molecule has 0 heterocycles. The molecule has 0 saturated carbocycles. The van der Waals surface area contributed by atoms with Crippen LogP contribution in [0.5, 0.6) is 0 Å². The molecule has 0 atom stereocenters. The zero-order valence-electron chi connectivity index (χ0n) is 10.4. The van der Waals surface area contributed by atoms with Gasteiger partial charge in [-0.3, -0.25) is 4.79 Å². The minimum absolute atomic E-state index is 0.241. The summed E-state index contributed by atoms with van der Waals surface area (Å²) in [6.07, 6.45) is 0. The second kappa shape index (κ2) is 5.85. The molecule has 19 heavy (non-hydrogen) atoms. The smallest absolute Gasteiger partial charge is 0.253 e. The molecule has 1 N–H and O–H groups in total. The predicted octanol–water partition coefficient (Wildman–Crippen LogP) is 3.72. The molecule has 2 aromatic carbocycles. The van der Waals surface area contributed by atoms with Crippen molar-refractivity contribution in [2.75, 3.05) is 0 Å². The van der Waals surface area contributed by atoms with E-state index in [1.807, 2.05) is 13.0 Å². The fourth-order valence-corrected chi connectivity index (χ4v) is 2.01. The normalized spacial score (nSPS) is 10.3. The second-order valence-electron chi connectivity index (χ2n) is 4.29. The lowest BCUT2D eigenvalue weighted by molar-refractivity contribution is 0.0951.